The van der Waals surface area contributed by atoms with Gasteiger partial charge in [0.25, 0.3) is 0 Å². The molecule has 2 heteroatoms. The first-order valence-electron chi connectivity index (χ1n) is 7.68. The lowest BCUT2D eigenvalue weighted by atomic mass is 9.77. The van der Waals surface area contributed by atoms with E-state index in [1.165, 1.54) is 0 Å². The van der Waals surface area contributed by atoms with Gasteiger partial charge in [0.2, 0.25) is 0 Å². The normalized spacial score (nSPS) is 16.9. The molecule has 1 rings (SSSR count). The molecule has 1 aliphatic carbocycles. The fraction of sp³-hybridized carbons (Fsp3) is 0.579. The zero-order valence-electron chi connectivity index (χ0n) is 14.4. The molecule has 0 aromatic heterocycles. The van der Waals surface area contributed by atoms with Crippen LogP contribution in [-0.4, -0.2) is 11.6 Å². The average Bonchev–Trinajstić information content (AvgIpc) is 2.41. The van der Waals surface area contributed by atoms with Crippen LogP contribution in [0, 0.1) is 5.41 Å². The summed E-state index contributed by atoms with van der Waals surface area (Å²) in [4.78, 5) is 23.6. The minimum Gasteiger partial charge on any atom is -0.300 e. The van der Waals surface area contributed by atoms with Crippen LogP contribution in [0.2, 0.25) is 0 Å². The maximum atomic E-state index is 12.5. The zero-order valence-corrected chi connectivity index (χ0v) is 14.4. The molecule has 0 radical (unpaired) electrons. The van der Waals surface area contributed by atoms with Crippen LogP contribution in [-0.2, 0) is 9.59 Å². The maximum absolute atomic E-state index is 12.5. The Bertz CT molecular complexity index is 542. The van der Waals surface area contributed by atoms with Crippen LogP contribution >= 0.6 is 0 Å². The highest BCUT2D eigenvalue weighted by Crippen LogP contribution is 2.36. The number of hydrogen-bond acceptors (Lipinski definition) is 2. The highest BCUT2D eigenvalue weighted by molar-refractivity contribution is 6.11. The highest BCUT2D eigenvalue weighted by Gasteiger charge is 2.26. The molecule has 0 bridgehead atoms. The van der Waals surface area contributed by atoms with Crippen molar-refractivity contribution in [3.8, 4) is 0 Å². The molecule has 0 fully saturated rings. The Morgan fingerprint density at radius 3 is 2.14 bits per heavy atom. The van der Waals surface area contributed by atoms with E-state index in [0.717, 1.165) is 47.1 Å². The Balaban J connectivity index is 2.81. The Hall–Kier alpha value is -1.44. The average molecular weight is 288 g/mol. The first-order valence-corrected chi connectivity index (χ1v) is 7.68. The van der Waals surface area contributed by atoms with E-state index in [2.05, 4.69) is 20.4 Å². The molecule has 1 aliphatic rings. The number of hydrogen-bond donors (Lipinski definition) is 0. The second-order valence-corrected chi connectivity index (χ2v) is 7.03. The molecular weight excluding hydrogens is 260 g/mol. The molecule has 0 saturated heterocycles. The van der Waals surface area contributed by atoms with E-state index >= 15 is 0 Å². The smallest absolute Gasteiger partial charge is 0.185 e. The lowest BCUT2D eigenvalue weighted by Gasteiger charge is -2.27. The Labute approximate surface area is 129 Å². The molecule has 0 spiro atoms. The van der Waals surface area contributed by atoms with E-state index in [9.17, 15) is 9.59 Å². The topological polar surface area (TPSA) is 34.1 Å². The summed E-state index contributed by atoms with van der Waals surface area (Å²) in [6.45, 7) is 15.9. The summed E-state index contributed by atoms with van der Waals surface area (Å²) in [6, 6.07) is 0. The molecule has 0 saturated carbocycles. The minimum absolute atomic E-state index is 0.0741. The van der Waals surface area contributed by atoms with Gasteiger partial charge in [0.1, 0.15) is 5.78 Å². The van der Waals surface area contributed by atoms with Crippen molar-refractivity contribution in [2.24, 2.45) is 5.41 Å². The number of carbonyl (C=O) groups excluding carboxylic acids is 2. The molecule has 0 atom stereocenters. The molecule has 21 heavy (non-hydrogen) atoms. The van der Waals surface area contributed by atoms with E-state index in [1.54, 1.807) is 6.92 Å². The van der Waals surface area contributed by atoms with Crippen molar-refractivity contribution in [2.75, 3.05) is 0 Å². The number of rotatable bonds is 6. The van der Waals surface area contributed by atoms with Crippen molar-refractivity contribution < 1.29 is 9.59 Å². The molecule has 0 aromatic carbocycles. The second-order valence-electron chi connectivity index (χ2n) is 7.03. The van der Waals surface area contributed by atoms with Crippen LogP contribution in [0.25, 0.3) is 0 Å². The molecule has 0 amide bonds. The third kappa shape index (κ3) is 4.26. The van der Waals surface area contributed by atoms with E-state index < -0.39 is 0 Å². The first kappa shape index (κ1) is 17.6. The maximum Gasteiger partial charge on any atom is 0.185 e. The fourth-order valence-electron chi connectivity index (χ4n) is 2.66. The minimum atomic E-state index is 0.0741. The second kappa shape index (κ2) is 6.55. The van der Waals surface area contributed by atoms with Crippen molar-refractivity contribution in [3.05, 3.63) is 34.4 Å². The van der Waals surface area contributed by atoms with Gasteiger partial charge in [0, 0.05) is 17.6 Å². The quantitative estimate of drug-likeness (QED) is 0.692. The molecule has 0 N–H and O–H groups in total. The largest absolute Gasteiger partial charge is 0.300 e. The van der Waals surface area contributed by atoms with Crippen molar-refractivity contribution in [1.29, 1.82) is 0 Å². The molecular formula is C19H28O2. The molecule has 116 valence electrons. The van der Waals surface area contributed by atoms with Crippen molar-refractivity contribution in [2.45, 2.75) is 67.2 Å². The van der Waals surface area contributed by atoms with Crippen molar-refractivity contribution in [1.82, 2.24) is 0 Å². The fourth-order valence-corrected chi connectivity index (χ4v) is 2.66. The highest BCUT2D eigenvalue weighted by atomic mass is 16.1. The summed E-state index contributed by atoms with van der Waals surface area (Å²) < 4.78 is 0. The summed E-state index contributed by atoms with van der Waals surface area (Å²) in [5.41, 5.74) is 4.83. The van der Waals surface area contributed by atoms with E-state index in [-0.39, 0.29) is 17.0 Å². The van der Waals surface area contributed by atoms with Crippen LogP contribution < -0.4 is 0 Å². The molecule has 0 aliphatic heterocycles. The summed E-state index contributed by atoms with van der Waals surface area (Å²) in [7, 11) is 0. The number of ketones is 2. The SMILES string of the molecule is C=C1C(C)=C(C)C(=O)C(CCC(C)(C)CCC(C)=O)=C1C. The number of carbonyl (C=O) groups is 2. The van der Waals surface area contributed by atoms with E-state index in [4.69, 9.17) is 0 Å². The van der Waals surface area contributed by atoms with E-state index in [1.807, 2.05) is 20.8 Å². The van der Waals surface area contributed by atoms with Crippen LogP contribution in [0.5, 0.6) is 0 Å². The number of allylic oxidation sites excluding steroid dienone is 5. The summed E-state index contributed by atoms with van der Waals surface area (Å²) in [5, 5.41) is 0. The standard InChI is InChI=1S/C19H28O2/c1-12(20)8-10-19(6,7)11-9-17-15(4)13(2)14(3)16(5)18(17)21/h2,8-11H2,1,3-7H3. The monoisotopic (exact) mass is 288 g/mol. The molecule has 0 heterocycles. The van der Waals surface area contributed by atoms with Gasteiger partial charge in [0.15, 0.2) is 5.78 Å². The van der Waals surface area contributed by atoms with Gasteiger partial charge in [-0.25, -0.2) is 0 Å². The van der Waals surface area contributed by atoms with Crippen LogP contribution in [0.15, 0.2) is 34.4 Å². The van der Waals surface area contributed by atoms with Crippen LogP contribution in [0.1, 0.15) is 67.2 Å². The lowest BCUT2D eigenvalue weighted by Crippen LogP contribution is -2.18. The van der Waals surface area contributed by atoms with Crippen molar-refractivity contribution >= 4 is 11.6 Å². The zero-order chi connectivity index (χ0) is 16.4. The van der Waals surface area contributed by atoms with E-state index in [0.29, 0.717) is 6.42 Å². The third-order valence-corrected chi connectivity index (χ3v) is 4.74. The Morgan fingerprint density at radius 2 is 1.62 bits per heavy atom. The lowest BCUT2D eigenvalue weighted by molar-refractivity contribution is -0.117. The number of Topliss-reactive ketones (excluding diaryl/α,β-unsaturated/α-hetero) is 2. The first-order chi connectivity index (χ1) is 9.57. The summed E-state index contributed by atoms with van der Waals surface area (Å²) in [6.07, 6.45) is 3.17. The van der Waals surface area contributed by atoms with Gasteiger partial charge < -0.3 is 4.79 Å². The summed E-state index contributed by atoms with van der Waals surface area (Å²) >= 11 is 0. The van der Waals surface area contributed by atoms with Crippen molar-refractivity contribution in [3.63, 3.8) is 0 Å². The third-order valence-electron chi connectivity index (χ3n) is 4.74. The van der Waals surface area contributed by atoms with Gasteiger partial charge >= 0.3 is 0 Å². The van der Waals surface area contributed by atoms with Crippen LogP contribution in [0.3, 0.4) is 0 Å². The van der Waals surface area contributed by atoms with Gasteiger partial charge in [-0.15, -0.1) is 0 Å². The Morgan fingerprint density at radius 1 is 1.05 bits per heavy atom. The summed E-state index contributed by atoms with van der Waals surface area (Å²) in [5.74, 6) is 0.398. The van der Waals surface area contributed by atoms with Gasteiger partial charge in [-0.1, -0.05) is 20.4 Å². The molecule has 2 nitrogen and oxygen atoms in total. The molecule has 0 aromatic rings. The van der Waals surface area contributed by atoms with Crippen LogP contribution in [0.4, 0.5) is 0 Å². The predicted octanol–water partition coefficient (Wildman–Crippen LogP) is 4.95. The van der Waals surface area contributed by atoms with Gasteiger partial charge in [-0.05, 0) is 69.1 Å². The van der Waals surface area contributed by atoms with Gasteiger partial charge in [0.05, 0.1) is 0 Å². The Kier molecular flexibility index (Phi) is 5.49. The molecule has 0 unspecified atom stereocenters. The van der Waals surface area contributed by atoms with Gasteiger partial charge in [-0.2, -0.15) is 0 Å². The predicted molar refractivity (Wildman–Crippen MR) is 88.2 cm³/mol. The van der Waals surface area contributed by atoms with Gasteiger partial charge in [-0.3, -0.25) is 4.79 Å².